The van der Waals surface area contributed by atoms with E-state index in [2.05, 4.69) is 4.74 Å². The Labute approximate surface area is 115 Å². The van der Waals surface area contributed by atoms with Crippen LogP contribution in [0.25, 0.3) is 0 Å². The van der Waals surface area contributed by atoms with Gasteiger partial charge in [0.25, 0.3) is 5.91 Å². The Hall–Kier alpha value is -1.06. The summed E-state index contributed by atoms with van der Waals surface area (Å²) in [5.74, 6) is -6.95. The van der Waals surface area contributed by atoms with Crippen molar-refractivity contribution in [1.29, 1.82) is 0 Å². The highest BCUT2D eigenvalue weighted by atomic mass is 19.4. The number of carbonyl (C=O) groups excluding carboxylic acids is 1. The molecule has 21 heavy (non-hydrogen) atoms. The molecule has 0 aromatic rings. The van der Waals surface area contributed by atoms with Crippen LogP contribution < -0.4 is 5.32 Å². The zero-order valence-corrected chi connectivity index (χ0v) is 10.7. The van der Waals surface area contributed by atoms with Crippen LogP contribution in [0.3, 0.4) is 0 Å². The second-order valence-corrected chi connectivity index (χ2v) is 4.81. The molecule has 1 aliphatic carbocycles. The molecule has 10 heteroatoms. The molecule has 124 valence electrons. The van der Waals surface area contributed by atoms with E-state index in [1.165, 1.54) is 0 Å². The van der Waals surface area contributed by atoms with Gasteiger partial charge in [-0.3, -0.25) is 4.79 Å². The topological polar surface area (TPSA) is 38.3 Å². The van der Waals surface area contributed by atoms with Gasteiger partial charge in [0.1, 0.15) is 6.61 Å². The van der Waals surface area contributed by atoms with Crippen molar-refractivity contribution in [3.63, 3.8) is 0 Å². The fraction of sp³-hybridized carbons (Fsp3) is 0.909. The van der Waals surface area contributed by atoms with Crippen LogP contribution in [0.2, 0.25) is 0 Å². The van der Waals surface area contributed by atoms with Crippen molar-refractivity contribution in [3.05, 3.63) is 0 Å². The maximum Gasteiger partial charge on any atom is 0.411 e. The Morgan fingerprint density at radius 2 is 1.81 bits per heavy atom. The predicted molar refractivity (Wildman–Crippen MR) is 57.1 cm³/mol. The lowest BCUT2D eigenvalue weighted by molar-refractivity contribution is -0.189. The average Bonchev–Trinajstić information content (AvgIpc) is 2.35. The maximum atomic E-state index is 12.8. The van der Waals surface area contributed by atoms with E-state index < -0.39 is 43.2 Å². The van der Waals surface area contributed by atoms with Gasteiger partial charge in [0.2, 0.25) is 0 Å². The molecule has 1 amide bonds. The van der Waals surface area contributed by atoms with Crippen LogP contribution in [-0.4, -0.2) is 43.2 Å². The van der Waals surface area contributed by atoms with Gasteiger partial charge in [0, 0.05) is 6.04 Å². The molecule has 0 aliphatic heterocycles. The molecule has 1 rings (SSSR count). The van der Waals surface area contributed by atoms with Crippen molar-refractivity contribution in [3.8, 4) is 0 Å². The summed E-state index contributed by atoms with van der Waals surface area (Å²) >= 11 is 0. The molecule has 0 saturated heterocycles. The van der Waals surface area contributed by atoms with Crippen molar-refractivity contribution in [2.45, 2.75) is 56.4 Å². The number of nitrogens with one attached hydrogen (secondary N) is 1. The molecular weight excluding hydrogens is 311 g/mol. The second kappa shape index (κ2) is 6.80. The number of carbonyl (C=O) groups is 1. The summed E-state index contributed by atoms with van der Waals surface area (Å²) in [6.07, 6.45) is -8.79. The first-order valence-corrected chi connectivity index (χ1v) is 6.17. The number of halogens is 7. The minimum Gasteiger partial charge on any atom is -0.369 e. The van der Waals surface area contributed by atoms with E-state index in [4.69, 9.17) is 0 Å². The molecule has 1 fully saturated rings. The van der Waals surface area contributed by atoms with Gasteiger partial charge in [-0.25, -0.2) is 8.78 Å². The van der Waals surface area contributed by atoms with Gasteiger partial charge in [0.05, 0.1) is 6.10 Å². The van der Waals surface area contributed by atoms with Gasteiger partial charge in [-0.05, 0) is 25.7 Å². The van der Waals surface area contributed by atoms with Crippen molar-refractivity contribution >= 4 is 5.91 Å². The van der Waals surface area contributed by atoms with Gasteiger partial charge in [-0.2, -0.15) is 22.0 Å². The van der Waals surface area contributed by atoms with E-state index >= 15 is 0 Å². The fourth-order valence-electron chi connectivity index (χ4n) is 2.02. The number of ether oxygens (including phenoxy) is 1. The van der Waals surface area contributed by atoms with Crippen LogP contribution in [0.4, 0.5) is 30.7 Å². The normalized spacial score (nSPS) is 24.2. The third kappa shape index (κ3) is 5.68. The monoisotopic (exact) mass is 325 g/mol. The van der Waals surface area contributed by atoms with Crippen molar-refractivity contribution in [2.24, 2.45) is 0 Å². The standard InChI is InChI=1S/C11H14F7NO2/c12-8(13)11(17,18)9(20)19-6-2-1-3-7(4-6)21-5-10(14,15)16/h6-8H,1-5H2,(H,19,20). The smallest absolute Gasteiger partial charge is 0.369 e. The summed E-state index contributed by atoms with van der Waals surface area (Å²) in [5.41, 5.74) is 0. The minimum absolute atomic E-state index is 0.124. The van der Waals surface area contributed by atoms with E-state index in [0.717, 1.165) is 0 Å². The number of rotatable bonds is 5. The molecule has 0 spiro atoms. The highest BCUT2D eigenvalue weighted by molar-refractivity contribution is 5.84. The molecule has 0 radical (unpaired) electrons. The molecule has 1 saturated carbocycles. The first kappa shape index (κ1) is 18.0. The van der Waals surface area contributed by atoms with Gasteiger partial charge in [-0.1, -0.05) is 0 Å². The van der Waals surface area contributed by atoms with Crippen LogP contribution in [0.1, 0.15) is 25.7 Å². The molecule has 2 atom stereocenters. The third-order valence-corrected chi connectivity index (χ3v) is 3.02. The molecule has 1 aliphatic rings. The molecule has 0 heterocycles. The summed E-state index contributed by atoms with van der Waals surface area (Å²) < 4.78 is 90.0. The Bertz CT molecular complexity index is 359. The highest BCUT2D eigenvalue weighted by Gasteiger charge is 2.49. The quantitative estimate of drug-likeness (QED) is 0.790. The van der Waals surface area contributed by atoms with E-state index in [9.17, 15) is 35.5 Å². The molecular formula is C11H14F7NO2. The van der Waals surface area contributed by atoms with E-state index in [-0.39, 0.29) is 19.3 Å². The summed E-state index contributed by atoms with van der Waals surface area (Å²) in [4.78, 5) is 11.0. The summed E-state index contributed by atoms with van der Waals surface area (Å²) in [7, 11) is 0. The molecule has 2 unspecified atom stereocenters. The van der Waals surface area contributed by atoms with Crippen molar-refractivity contribution in [1.82, 2.24) is 5.32 Å². The summed E-state index contributed by atoms with van der Waals surface area (Å²) in [6, 6.07) is -0.908. The number of hydrogen-bond acceptors (Lipinski definition) is 2. The Morgan fingerprint density at radius 3 is 2.33 bits per heavy atom. The summed E-state index contributed by atoms with van der Waals surface area (Å²) in [6.45, 7) is -1.48. The van der Waals surface area contributed by atoms with Crippen LogP contribution in [-0.2, 0) is 9.53 Å². The first-order valence-electron chi connectivity index (χ1n) is 6.17. The Kier molecular flexibility index (Phi) is 5.83. The van der Waals surface area contributed by atoms with Crippen molar-refractivity contribution in [2.75, 3.05) is 6.61 Å². The maximum absolute atomic E-state index is 12.8. The van der Waals surface area contributed by atoms with E-state index in [0.29, 0.717) is 6.42 Å². The van der Waals surface area contributed by atoms with Gasteiger partial charge in [0.15, 0.2) is 0 Å². The highest BCUT2D eigenvalue weighted by Crippen LogP contribution is 2.27. The average molecular weight is 325 g/mol. The number of alkyl halides is 7. The zero-order valence-electron chi connectivity index (χ0n) is 10.7. The molecule has 0 aromatic heterocycles. The lowest BCUT2D eigenvalue weighted by atomic mass is 9.92. The number of amides is 1. The number of hydrogen-bond donors (Lipinski definition) is 1. The Morgan fingerprint density at radius 1 is 1.19 bits per heavy atom. The molecule has 0 aromatic carbocycles. The van der Waals surface area contributed by atoms with E-state index in [1.807, 2.05) is 0 Å². The SMILES string of the molecule is O=C(NC1CCCC(OCC(F)(F)F)C1)C(F)(F)C(F)F. The van der Waals surface area contributed by atoms with Crippen LogP contribution in [0.5, 0.6) is 0 Å². The van der Waals surface area contributed by atoms with Gasteiger partial charge in [-0.15, -0.1) is 0 Å². The van der Waals surface area contributed by atoms with Crippen LogP contribution in [0, 0.1) is 0 Å². The van der Waals surface area contributed by atoms with Crippen LogP contribution >= 0.6 is 0 Å². The largest absolute Gasteiger partial charge is 0.411 e. The minimum atomic E-state index is -4.82. The summed E-state index contributed by atoms with van der Waals surface area (Å²) in [5, 5.41) is 1.74. The van der Waals surface area contributed by atoms with Gasteiger partial charge < -0.3 is 10.1 Å². The molecule has 0 bridgehead atoms. The third-order valence-electron chi connectivity index (χ3n) is 3.02. The first-order chi connectivity index (χ1) is 9.52. The fourth-order valence-corrected chi connectivity index (χ4v) is 2.02. The molecule has 1 N–H and O–H groups in total. The zero-order chi connectivity index (χ0) is 16.3. The van der Waals surface area contributed by atoms with E-state index in [1.54, 1.807) is 5.32 Å². The second-order valence-electron chi connectivity index (χ2n) is 4.81. The van der Waals surface area contributed by atoms with Crippen LogP contribution in [0.15, 0.2) is 0 Å². The Balaban J connectivity index is 2.48. The lowest BCUT2D eigenvalue weighted by Gasteiger charge is -2.30. The van der Waals surface area contributed by atoms with Crippen molar-refractivity contribution < 1.29 is 40.3 Å². The van der Waals surface area contributed by atoms with Gasteiger partial charge >= 0.3 is 18.5 Å². The molecule has 3 nitrogen and oxygen atoms in total. The lowest BCUT2D eigenvalue weighted by Crippen LogP contribution is -2.50. The predicted octanol–water partition coefficient (Wildman–Crippen LogP) is 2.89.